The molecule has 0 spiro atoms. The SMILES string of the molecule is CN=C(NCc1cccnc1OC1CCCC1)NC(C)COC. The van der Waals surface area contributed by atoms with Gasteiger partial charge in [-0.1, -0.05) is 6.07 Å². The molecule has 0 amide bonds. The molecular formula is C17H28N4O2. The molecule has 1 atom stereocenters. The number of aliphatic imine (C=N–C) groups is 1. The van der Waals surface area contributed by atoms with Gasteiger partial charge in [0.25, 0.3) is 0 Å². The number of hydrogen-bond acceptors (Lipinski definition) is 4. The van der Waals surface area contributed by atoms with E-state index in [1.54, 1.807) is 20.4 Å². The molecule has 6 nitrogen and oxygen atoms in total. The van der Waals surface area contributed by atoms with Gasteiger partial charge in [-0.25, -0.2) is 4.98 Å². The van der Waals surface area contributed by atoms with Gasteiger partial charge in [-0.05, 0) is 38.7 Å². The highest BCUT2D eigenvalue weighted by Gasteiger charge is 2.18. The smallest absolute Gasteiger partial charge is 0.218 e. The summed E-state index contributed by atoms with van der Waals surface area (Å²) in [7, 11) is 3.45. The maximum Gasteiger partial charge on any atom is 0.218 e. The zero-order valence-electron chi connectivity index (χ0n) is 14.3. The number of hydrogen-bond donors (Lipinski definition) is 2. The van der Waals surface area contributed by atoms with Crippen LogP contribution in [0.3, 0.4) is 0 Å². The van der Waals surface area contributed by atoms with Gasteiger partial charge in [0, 0.05) is 38.5 Å². The largest absolute Gasteiger partial charge is 0.474 e. The lowest BCUT2D eigenvalue weighted by atomic mass is 10.2. The van der Waals surface area contributed by atoms with Crippen LogP contribution in [0.2, 0.25) is 0 Å². The van der Waals surface area contributed by atoms with E-state index in [1.807, 2.05) is 12.1 Å². The summed E-state index contributed by atoms with van der Waals surface area (Å²) in [5.74, 6) is 1.47. The third-order valence-electron chi connectivity index (χ3n) is 3.90. The summed E-state index contributed by atoms with van der Waals surface area (Å²) in [6.45, 7) is 3.30. The molecule has 1 fully saturated rings. The number of rotatable bonds is 7. The molecule has 1 heterocycles. The Balaban J connectivity index is 1.91. The van der Waals surface area contributed by atoms with Crippen molar-refractivity contribution in [1.29, 1.82) is 0 Å². The van der Waals surface area contributed by atoms with Crippen LogP contribution in [0.5, 0.6) is 5.88 Å². The van der Waals surface area contributed by atoms with Crippen molar-refractivity contribution in [2.75, 3.05) is 20.8 Å². The number of methoxy groups -OCH3 is 1. The number of ether oxygens (including phenoxy) is 2. The van der Waals surface area contributed by atoms with Crippen LogP contribution in [0, 0.1) is 0 Å². The van der Waals surface area contributed by atoms with Crippen molar-refractivity contribution in [3.63, 3.8) is 0 Å². The van der Waals surface area contributed by atoms with Crippen molar-refractivity contribution < 1.29 is 9.47 Å². The fourth-order valence-corrected chi connectivity index (χ4v) is 2.73. The minimum Gasteiger partial charge on any atom is -0.474 e. The Morgan fingerprint density at radius 3 is 2.91 bits per heavy atom. The fraction of sp³-hybridized carbons (Fsp3) is 0.647. The lowest BCUT2D eigenvalue weighted by molar-refractivity contribution is 0.179. The van der Waals surface area contributed by atoms with Crippen molar-refractivity contribution in [1.82, 2.24) is 15.6 Å². The lowest BCUT2D eigenvalue weighted by Crippen LogP contribution is -2.43. The predicted octanol–water partition coefficient (Wildman–Crippen LogP) is 2.10. The van der Waals surface area contributed by atoms with Gasteiger partial charge in [-0.2, -0.15) is 0 Å². The molecule has 1 unspecified atom stereocenters. The maximum atomic E-state index is 6.06. The zero-order valence-corrected chi connectivity index (χ0v) is 14.3. The Morgan fingerprint density at radius 2 is 2.22 bits per heavy atom. The zero-order chi connectivity index (χ0) is 16.5. The first-order valence-electron chi connectivity index (χ1n) is 8.29. The van der Waals surface area contributed by atoms with Gasteiger partial charge in [0.1, 0.15) is 6.10 Å². The van der Waals surface area contributed by atoms with E-state index in [-0.39, 0.29) is 6.04 Å². The highest BCUT2D eigenvalue weighted by molar-refractivity contribution is 5.79. The summed E-state index contributed by atoms with van der Waals surface area (Å²) in [4.78, 5) is 8.63. The van der Waals surface area contributed by atoms with E-state index in [4.69, 9.17) is 9.47 Å². The van der Waals surface area contributed by atoms with E-state index in [1.165, 1.54) is 12.8 Å². The molecule has 1 aromatic rings. The molecule has 2 rings (SSSR count). The third-order valence-corrected chi connectivity index (χ3v) is 3.90. The molecule has 1 saturated carbocycles. The Labute approximate surface area is 138 Å². The van der Waals surface area contributed by atoms with Crippen molar-refractivity contribution in [2.45, 2.75) is 51.3 Å². The Hall–Kier alpha value is -1.82. The van der Waals surface area contributed by atoms with Gasteiger partial charge in [0.05, 0.1) is 6.61 Å². The van der Waals surface area contributed by atoms with Gasteiger partial charge >= 0.3 is 0 Å². The van der Waals surface area contributed by atoms with E-state index in [2.05, 4.69) is 27.5 Å². The van der Waals surface area contributed by atoms with Crippen LogP contribution in [0.4, 0.5) is 0 Å². The molecule has 6 heteroatoms. The summed E-state index contributed by atoms with van der Waals surface area (Å²) >= 11 is 0. The lowest BCUT2D eigenvalue weighted by Gasteiger charge is -2.19. The van der Waals surface area contributed by atoms with Crippen LogP contribution >= 0.6 is 0 Å². The van der Waals surface area contributed by atoms with Gasteiger partial charge in [0.2, 0.25) is 5.88 Å². The standard InChI is InChI=1S/C17H28N4O2/c1-13(12-22-3)21-17(18-2)20-11-14-7-6-10-19-16(14)23-15-8-4-5-9-15/h6-7,10,13,15H,4-5,8-9,11-12H2,1-3H3,(H2,18,20,21). The van der Waals surface area contributed by atoms with E-state index in [9.17, 15) is 0 Å². The summed E-state index contributed by atoms with van der Waals surface area (Å²) < 4.78 is 11.2. The molecule has 128 valence electrons. The predicted molar refractivity (Wildman–Crippen MR) is 91.8 cm³/mol. The van der Waals surface area contributed by atoms with E-state index < -0.39 is 0 Å². The molecule has 0 aliphatic heterocycles. The minimum atomic E-state index is 0.189. The van der Waals surface area contributed by atoms with Crippen LogP contribution in [0.1, 0.15) is 38.2 Å². The molecule has 2 N–H and O–H groups in total. The minimum absolute atomic E-state index is 0.189. The van der Waals surface area contributed by atoms with Gasteiger partial charge in [-0.15, -0.1) is 0 Å². The van der Waals surface area contributed by atoms with Crippen LogP contribution in [-0.4, -0.2) is 43.9 Å². The van der Waals surface area contributed by atoms with Crippen LogP contribution < -0.4 is 15.4 Å². The van der Waals surface area contributed by atoms with Crippen molar-refractivity contribution in [3.8, 4) is 5.88 Å². The van der Waals surface area contributed by atoms with Crippen LogP contribution in [0.25, 0.3) is 0 Å². The molecular weight excluding hydrogens is 292 g/mol. The number of nitrogens with zero attached hydrogens (tertiary/aromatic N) is 2. The highest BCUT2D eigenvalue weighted by atomic mass is 16.5. The van der Waals surface area contributed by atoms with Crippen molar-refractivity contribution in [3.05, 3.63) is 23.9 Å². The average Bonchev–Trinajstić information content (AvgIpc) is 3.06. The normalized spacial score (nSPS) is 17.1. The molecule has 0 saturated heterocycles. The molecule has 1 aromatic heterocycles. The van der Waals surface area contributed by atoms with Crippen LogP contribution in [0.15, 0.2) is 23.3 Å². The second kappa shape index (κ2) is 9.35. The summed E-state index contributed by atoms with van der Waals surface area (Å²) in [6, 6.07) is 4.16. The highest BCUT2D eigenvalue weighted by Crippen LogP contribution is 2.24. The molecule has 1 aliphatic carbocycles. The maximum absolute atomic E-state index is 6.06. The molecule has 23 heavy (non-hydrogen) atoms. The van der Waals surface area contributed by atoms with E-state index in [0.29, 0.717) is 19.3 Å². The van der Waals surface area contributed by atoms with Crippen LogP contribution in [-0.2, 0) is 11.3 Å². The fourth-order valence-electron chi connectivity index (χ4n) is 2.73. The molecule has 0 aromatic carbocycles. The van der Waals surface area contributed by atoms with Crippen molar-refractivity contribution >= 4 is 5.96 Å². The van der Waals surface area contributed by atoms with Gasteiger partial charge in [-0.3, -0.25) is 4.99 Å². The molecule has 0 bridgehead atoms. The molecule has 1 aliphatic rings. The second-order valence-electron chi connectivity index (χ2n) is 5.92. The van der Waals surface area contributed by atoms with Gasteiger partial charge < -0.3 is 20.1 Å². The third kappa shape index (κ3) is 5.71. The first kappa shape index (κ1) is 17.5. The molecule has 0 radical (unpaired) electrons. The Bertz CT molecular complexity index is 501. The second-order valence-corrected chi connectivity index (χ2v) is 5.92. The average molecular weight is 320 g/mol. The number of guanidine groups is 1. The Morgan fingerprint density at radius 1 is 1.43 bits per heavy atom. The van der Waals surface area contributed by atoms with Gasteiger partial charge in [0.15, 0.2) is 5.96 Å². The quantitative estimate of drug-likeness (QED) is 0.595. The summed E-state index contributed by atoms with van der Waals surface area (Å²) in [5, 5.41) is 6.59. The topological polar surface area (TPSA) is 67.8 Å². The van der Waals surface area contributed by atoms with E-state index >= 15 is 0 Å². The van der Waals surface area contributed by atoms with Crippen molar-refractivity contribution in [2.24, 2.45) is 4.99 Å². The Kier molecular flexibility index (Phi) is 7.13. The number of pyridine rings is 1. The number of aromatic nitrogens is 1. The summed E-state index contributed by atoms with van der Waals surface area (Å²) in [5.41, 5.74) is 1.04. The summed E-state index contributed by atoms with van der Waals surface area (Å²) in [6.07, 6.45) is 6.84. The first-order chi connectivity index (χ1) is 11.2. The monoisotopic (exact) mass is 320 g/mol. The first-order valence-corrected chi connectivity index (χ1v) is 8.29. The number of nitrogens with one attached hydrogen (secondary N) is 2. The van der Waals surface area contributed by atoms with E-state index in [0.717, 1.165) is 30.2 Å².